The number of likely N-dealkylation sites (tertiary alicyclic amines) is 1. The van der Waals surface area contributed by atoms with Crippen LogP contribution >= 0.6 is 0 Å². The van der Waals surface area contributed by atoms with Crippen LogP contribution in [0.15, 0.2) is 18.2 Å². The third-order valence-electron chi connectivity index (χ3n) is 5.27. The number of nitrogens with one attached hydrogen (secondary N) is 1. The minimum Gasteiger partial charge on any atom is -0.381 e. The van der Waals surface area contributed by atoms with E-state index in [1.54, 1.807) is 0 Å². The number of carbonyl (C=O) groups is 1. The van der Waals surface area contributed by atoms with E-state index >= 15 is 0 Å². The van der Waals surface area contributed by atoms with E-state index in [0.717, 1.165) is 63.9 Å². The molecule has 2 aliphatic heterocycles. The van der Waals surface area contributed by atoms with Gasteiger partial charge in [-0.15, -0.1) is 0 Å². The van der Waals surface area contributed by atoms with E-state index in [-0.39, 0.29) is 17.5 Å². The topological polar surface area (TPSA) is 44.8 Å². The fraction of sp³-hybridized carbons (Fsp3) is 0.632. The normalized spacial score (nSPS) is 25.0. The number of amides is 1. The van der Waals surface area contributed by atoms with E-state index in [2.05, 4.69) is 15.1 Å². The molecule has 0 unspecified atom stereocenters. The average Bonchev–Trinajstić information content (AvgIpc) is 2.99. The van der Waals surface area contributed by atoms with Crippen molar-refractivity contribution >= 4 is 5.91 Å². The van der Waals surface area contributed by atoms with Crippen molar-refractivity contribution in [2.45, 2.75) is 24.9 Å². The van der Waals surface area contributed by atoms with Crippen molar-refractivity contribution < 1.29 is 18.3 Å². The first-order valence-electron chi connectivity index (χ1n) is 9.16. The highest BCUT2D eigenvalue weighted by Gasteiger charge is 2.37. The van der Waals surface area contributed by atoms with Gasteiger partial charge in [-0.25, -0.2) is 8.78 Å². The van der Waals surface area contributed by atoms with Gasteiger partial charge in [0.05, 0.1) is 5.56 Å². The van der Waals surface area contributed by atoms with Gasteiger partial charge in [0.25, 0.3) is 5.91 Å². The molecule has 1 aromatic carbocycles. The van der Waals surface area contributed by atoms with Gasteiger partial charge < -0.3 is 15.0 Å². The zero-order valence-electron chi connectivity index (χ0n) is 15.4. The Bertz CT molecular complexity index is 635. The zero-order chi connectivity index (χ0) is 18.7. The van der Waals surface area contributed by atoms with Gasteiger partial charge in [0.15, 0.2) is 0 Å². The highest BCUT2D eigenvalue weighted by atomic mass is 19.1. The van der Waals surface area contributed by atoms with Crippen LogP contribution in [-0.4, -0.2) is 74.7 Å². The second-order valence-electron chi connectivity index (χ2n) is 7.52. The van der Waals surface area contributed by atoms with E-state index in [1.165, 1.54) is 0 Å². The largest absolute Gasteiger partial charge is 0.381 e. The Morgan fingerprint density at radius 3 is 2.69 bits per heavy atom. The molecule has 0 radical (unpaired) electrons. The number of benzene rings is 1. The molecule has 2 heterocycles. The average molecular weight is 367 g/mol. The number of hydrogen-bond donors (Lipinski definition) is 1. The fourth-order valence-corrected chi connectivity index (χ4v) is 3.99. The molecule has 0 spiro atoms. The van der Waals surface area contributed by atoms with Crippen LogP contribution in [0.1, 0.15) is 23.2 Å². The van der Waals surface area contributed by atoms with E-state index in [0.29, 0.717) is 6.04 Å². The van der Waals surface area contributed by atoms with E-state index < -0.39 is 17.5 Å². The van der Waals surface area contributed by atoms with Gasteiger partial charge >= 0.3 is 0 Å². The van der Waals surface area contributed by atoms with Gasteiger partial charge in [-0.1, -0.05) is 0 Å². The molecule has 2 atom stereocenters. The fourth-order valence-electron chi connectivity index (χ4n) is 3.99. The lowest BCUT2D eigenvalue weighted by molar-refractivity contribution is 0.0403. The van der Waals surface area contributed by atoms with Crippen LogP contribution in [0.5, 0.6) is 0 Å². The molecule has 1 N–H and O–H groups in total. The van der Waals surface area contributed by atoms with Crippen LogP contribution in [0.3, 0.4) is 0 Å². The van der Waals surface area contributed by atoms with Gasteiger partial charge in [-0.05, 0) is 45.1 Å². The standard InChI is InChI=1S/C19H27F2N3O2/c1-23(2)10-13-11-24(15-5-7-26-8-6-15)12-18(13)22-19(25)16-9-14(20)3-4-17(16)21/h3-4,9,13,15,18H,5-8,10-12H2,1-2H3,(H,22,25)/t13-,18-/m1/s1. The summed E-state index contributed by atoms with van der Waals surface area (Å²) in [6.07, 6.45) is 1.99. The van der Waals surface area contributed by atoms with Crippen molar-refractivity contribution in [1.29, 1.82) is 0 Å². The van der Waals surface area contributed by atoms with Gasteiger partial charge in [0, 0.05) is 50.8 Å². The summed E-state index contributed by atoms with van der Waals surface area (Å²) in [5.74, 6) is -1.62. The maximum absolute atomic E-state index is 13.9. The summed E-state index contributed by atoms with van der Waals surface area (Å²) in [4.78, 5) is 17.0. The first-order valence-corrected chi connectivity index (χ1v) is 9.16. The molecule has 2 saturated heterocycles. The maximum Gasteiger partial charge on any atom is 0.254 e. The quantitative estimate of drug-likeness (QED) is 0.861. The van der Waals surface area contributed by atoms with Crippen LogP contribution in [0, 0.1) is 17.6 Å². The molecule has 26 heavy (non-hydrogen) atoms. The van der Waals surface area contributed by atoms with Crippen LogP contribution in [0.4, 0.5) is 8.78 Å². The third-order valence-corrected chi connectivity index (χ3v) is 5.27. The number of hydrogen-bond acceptors (Lipinski definition) is 4. The number of halogens is 2. The summed E-state index contributed by atoms with van der Waals surface area (Å²) in [7, 11) is 4.00. The first kappa shape index (κ1) is 19.2. The molecular weight excluding hydrogens is 340 g/mol. The monoisotopic (exact) mass is 367 g/mol. The van der Waals surface area contributed by atoms with Crippen molar-refractivity contribution in [3.63, 3.8) is 0 Å². The lowest BCUT2D eigenvalue weighted by atomic mass is 10.0. The molecule has 0 saturated carbocycles. The smallest absolute Gasteiger partial charge is 0.254 e. The zero-order valence-corrected chi connectivity index (χ0v) is 15.4. The Morgan fingerprint density at radius 1 is 1.27 bits per heavy atom. The minimum atomic E-state index is -0.702. The minimum absolute atomic E-state index is 0.0876. The number of rotatable bonds is 5. The summed E-state index contributed by atoms with van der Waals surface area (Å²) in [6.45, 7) is 3.98. The Hall–Kier alpha value is -1.57. The molecule has 1 amide bonds. The van der Waals surface area contributed by atoms with Crippen LogP contribution in [-0.2, 0) is 4.74 Å². The van der Waals surface area contributed by atoms with E-state index in [4.69, 9.17) is 4.74 Å². The third kappa shape index (κ3) is 4.58. The highest BCUT2D eigenvalue weighted by Crippen LogP contribution is 2.25. The molecule has 2 fully saturated rings. The maximum atomic E-state index is 13.9. The Kier molecular flexibility index (Phi) is 6.21. The Balaban J connectivity index is 1.70. The van der Waals surface area contributed by atoms with E-state index in [9.17, 15) is 13.6 Å². The molecule has 7 heteroatoms. The number of carbonyl (C=O) groups excluding carboxylic acids is 1. The second-order valence-corrected chi connectivity index (χ2v) is 7.52. The molecule has 0 aliphatic carbocycles. The van der Waals surface area contributed by atoms with Gasteiger partial charge in [-0.2, -0.15) is 0 Å². The summed E-state index contributed by atoms with van der Waals surface area (Å²) in [6, 6.07) is 3.33. The van der Waals surface area contributed by atoms with E-state index in [1.807, 2.05) is 14.1 Å². The van der Waals surface area contributed by atoms with Crippen molar-refractivity contribution in [3.8, 4) is 0 Å². The number of ether oxygens (including phenoxy) is 1. The molecule has 2 aliphatic rings. The van der Waals surface area contributed by atoms with Crippen molar-refractivity contribution in [3.05, 3.63) is 35.4 Å². The summed E-state index contributed by atoms with van der Waals surface area (Å²) in [5, 5.41) is 2.94. The Morgan fingerprint density at radius 2 is 2.00 bits per heavy atom. The molecule has 0 aromatic heterocycles. The van der Waals surface area contributed by atoms with Crippen molar-refractivity contribution in [1.82, 2.24) is 15.1 Å². The molecule has 1 aromatic rings. The van der Waals surface area contributed by atoms with Crippen LogP contribution in [0.25, 0.3) is 0 Å². The second kappa shape index (κ2) is 8.41. The van der Waals surface area contributed by atoms with Crippen molar-refractivity contribution in [2.75, 3.05) is 46.9 Å². The number of nitrogens with zero attached hydrogens (tertiary/aromatic N) is 2. The van der Waals surface area contributed by atoms with Crippen LogP contribution in [0.2, 0.25) is 0 Å². The highest BCUT2D eigenvalue weighted by molar-refractivity contribution is 5.94. The summed E-state index contributed by atoms with van der Waals surface area (Å²) in [5.41, 5.74) is -0.238. The van der Waals surface area contributed by atoms with Gasteiger partial charge in [-0.3, -0.25) is 9.69 Å². The summed E-state index contributed by atoms with van der Waals surface area (Å²) < 4.78 is 32.8. The lowest BCUT2D eigenvalue weighted by Gasteiger charge is -2.31. The van der Waals surface area contributed by atoms with Gasteiger partial charge in [0.1, 0.15) is 11.6 Å². The molecular formula is C19H27F2N3O2. The lowest BCUT2D eigenvalue weighted by Crippen LogP contribution is -2.44. The van der Waals surface area contributed by atoms with Crippen molar-refractivity contribution in [2.24, 2.45) is 5.92 Å². The SMILES string of the molecule is CN(C)C[C@@H]1CN(C2CCOCC2)C[C@H]1NC(=O)c1cc(F)ccc1F. The predicted molar refractivity (Wildman–Crippen MR) is 95.1 cm³/mol. The van der Waals surface area contributed by atoms with Crippen LogP contribution < -0.4 is 5.32 Å². The Labute approximate surface area is 153 Å². The first-order chi connectivity index (χ1) is 12.4. The molecule has 5 nitrogen and oxygen atoms in total. The van der Waals surface area contributed by atoms with Gasteiger partial charge in [0.2, 0.25) is 0 Å². The summed E-state index contributed by atoms with van der Waals surface area (Å²) >= 11 is 0. The predicted octanol–water partition coefficient (Wildman–Crippen LogP) is 1.74. The molecule has 3 rings (SSSR count). The molecule has 0 bridgehead atoms. The molecule has 144 valence electrons.